The van der Waals surface area contributed by atoms with Crippen molar-refractivity contribution in [3.8, 4) is 0 Å². The Bertz CT molecular complexity index is 353. The van der Waals surface area contributed by atoms with Crippen molar-refractivity contribution < 1.29 is 0 Å². The Balaban J connectivity index is 2.25. The summed E-state index contributed by atoms with van der Waals surface area (Å²) in [5.41, 5.74) is 1.01. The van der Waals surface area contributed by atoms with Gasteiger partial charge in [0.1, 0.15) is 0 Å². The number of halogens is 1. The minimum atomic E-state index is 0.526. The molecule has 0 unspecified atom stereocenters. The summed E-state index contributed by atoms with van der Waals surface area (Å²) in [5.74, 6) is 0.526. The average molecular weight is 318 g/mol. The standard InChI is InChI=1S/C15H28ClN3S/c1-4-18(5-2)9-7-10-19(6-3)11-8-15-17-14(12-16)13-20-15/h13H,4-12H2,1-3H3. The Morgan fingerprint density at radius 2 is 1.70 bits per heavy atom. The minimum absolute atomic E-state index is 0.526. The molecule has 0 aromatic carbocycles. The van der Waals surface area contributed by atoms with E-state index in [2.05, 4.69) is 40.9 Å². The van der Waals surface area contributed by atoms with E-state index in [9.17, 15) is 0 Å². The fourth-order valence-electron chi connectivity index (χ4n) is 2.26. The van der Waals surface area contributed by atoms with Gasteiger partial charge in [-0.25, -0.2) is 4.98 Å². The van der Waals surface area contributed by atoms with Crippen LogP contribution in [0, 0.1) is 0 Å². The number of hydrogen-bond donors (Lipinski definition) is 0. The van der Waals surface area contributed by atoms with Crippen LogP contribution in [-0.2, 0) is 12.3 Å². The first-order chi connectivity index (χ1) is 9.73. The molecule has 0 saturated heterocycles. The van der Waals surface area contributed by atoms with Crippen LogP contribution >= 0.6 is 22.9 Å². The molecule has 0 N–H and O–H groups in total. The highest BCUT2D eigenvalue weighted by molar-refractivity contribution is 7.09. The number of hydrogen-bond acceptors (Lipinski definition) is 4. The largest absolute Gasteiger partial charge is 0.304 e. The SMILES string of the molecule is CCN(CC)CCCN(CC)CCc1nc(CCl)cs1. The van der Waals surface area contributed by atoms with Crippen LogP contribution in [0.25, 0.3) is 0 Å². The molecule has 5 heteroatoms. The first-order valence-corrected chi connectivity index (χ1v) is 9.08. The summed E-state index contributed by atoms with van der Waals surface area (Å²) in [5, 5.41) is 3.28. The number of rotatable bonds is 11. The molecule has 0 aliphatic rings. The molecule has 1 aromatic heterocycles. The van der Waals surface area contributed by atoms with E-state index in [0.717, 1.165) is 38.3 Å². The second kappa shape index (κ2) is 10.6. The zero-order valence-corrected chi connectivity index (χ0v) is 14.6. The van der Waals surface area contributed by atoms with E-state index < -0.39 is 0 Å². The molecule has 0 amide bonds. The summed E-state index contributed by atoms with van der Waals surface area (Å²) in [6.07, 6.45) is 2.29. The third-order valence-corrected chi connectivity index (χ3v) is 4.90. The fourth-order valence-corrected chi connectivity index (χ4v) is 3.28. The summed E-state index contributed by atoms with van der Waals surface area (Å²) >= 11 is 7.52. The van der Waals surface area contributed by atoms with Crippen LogP contribution in [-0.4, -0.2) is 54.1 Å². The number of thiazole rings is 1. The zero-order chi connectivity index (χ0) is 14.8. The maximum absolute atomic E-state index is 5.78. The lowest BCUT2D eigenvalue weighted by atomic mass is 10.3. The van der Waals surface area contributed by atoms with Gasteiger partial charge in [0.05, 0.1) is 16.6 Å². The van der Waals surface area contributed by atoms with Gasteiger partial charge in [-0.05, 0) is 39.1 Å². The molecule has 20 heavy (non-hydrogen) atoms. The van der Waals surface area contributed by atoms with Crippen LogP contribution in [0.2, 0.25) is 0 Å². The van der Waals surface area contributed by atoms with Crippen molar-refractivity contribution in [3.63, 3.8) is 0 Å². The minimum Gasteiger partial charge on any atom is -0.304 e. The molecule has 0 fully saturated rings. The summed E-state index contributed by atoms with van der Waals surface area (Å²) < 4.78 is 0. The van der Waals surface area contributed by atoms with Crippen LogP contribution in [0.15, 0.2) is 5.38 Å². The van der Waals surface area contributed by atoms with Gasteiger partial charge in [0, 0.05) is 18.3 Å². The quantitative estimate of drug-likeness (QED) is 0.582. The van der Waals surface area contributed by atoms with Crippen LogP contribution in [0.1, 0.15) is 37.9 Å². The average Bonchev–Trinajstić information content (AvgIpc) is 2.95. The van der Waals surface area contributed by atoms with Crippen LogP contribution in [0.5, 0.6) is 0 Å². The van der Waals surface area contributed by atoms with Crippen LogP contribution in [0.4, 0.5) is 0 Å². The molecule has 0 atom stereocenters. The summed E-state index contributed by atoms with van der Waals surface area (Å²) in [4.78, 5) is 9.53. The van der Waals surface area contributed by atoms with E-state index in [1.54, 1.807) is 11.3 Å². The van der Waals surface area contributed by atoms with E-state index in [1.807, 2.05) is 0 Å². The Morgan fingerprint density at radius 3 is 2.25 bits per heavy atom. The van der Waals surface area contributed by atoms with Crippen molar-refractivity contribution in [2.24, 2.45) is 0 Å². The molecule has 0 aliphatic heterocycles. The predicted octanol–water partition coefficient (Wildman–Crippen LogP) is 3.48. The molecule has 116 valence electrons. The van der Waals surface area contributed by atoms with E-state index in [1.165, 1.54) is 24.5 Å². The first-order valence-electron chi connectivity index (χ1n) is 7.67. The van der Waals surface area contributed by atoms with Crippen LogP contribution < -0.4 is 0 Å². The maximum atomic E-state index is 5.78. The van der Waals surface area contributed by atoms with Crippen molar-refractivity contribution in [2.45, 2.75) is 39.5 Å². The summed E-state index contributed by atoms with van der Waals surface area (Å²) in [6, 6.07) is 0. The highest BCUT2D eigenvalue weighted by Gasteiger charge is 2.07. The van der Waals surface area contributed by atoms with Gasteiger partial charge < -0.3 is 9.80 Å². The second-order valence-electron chi connectivity index (χ2n) is 4.93. The van der Waals surface area contributed by atoms with E-state index in [0.29, 0.717) is 5.88 Å². The van der Waals surface area contributed by atoms with Crippen molar-refractivity contribution in [1.29, 1.82) is 0 Å². The molecule has 1 heterocycles. The van der Waals surface area contributed by atoms with E-state index in [-0.39, 0.29) is 0 Å². The van der Waals surface area contributed by atoms with Crippen molar-refractivity contribution in [3.05, 3.63) is 16.1 Å². The monoisotopic (exact) mass is 317 g/mol. The molecule has 0 bridgehead atoms. The van der Waals surface area contributed by atoms with Gasteiger partial charge in [-0.2, -0.15) is 0 Å². The van der Waals surface area contributed by atoms with Crippen molar-refractivity contribution >= 4 is 22.9 Å². The van der Waals surface area contributed by atoms with Gasteiger partial charge in [0.2, 0.25) is 0 Å². The van der Waals surface area contributed by atoms with E-state index >= 15 is 0 Å². The molecule has 1 rings (SSSR count). The Morgan fingerprint density at radius 1 is 1.05 bits per heavy atom. The zero-order valence-electron chi connectivity index (χ0n) is 13.1. The number of alkyl halides is 1. The van der Waals surface area contributed by atoms with Gasteiger partial charge in [-0.1, -0.05) is 20.8 Å². The lowest BCUT2D eigenvalue weighted by Gasteiger charge is -2.23. The van der Waals surface area contributed by atoms with Gasteiger partial charge in [0.25, 0.3) is 0 Å². The third-order valence-electron chi connectivity index (χ3n) is 3.67. The normalized spacial score (nSPS) is 11.7. The van der Waals surface area contributed by atoms with Gasteiger partial charge in [-0.15, -0.1) is 22.9 Å². The third kappa shape index (κ3) is 6.53. The van der Waals surface area contributed by atoms with Crippen molar-refractivity contribution in [2.75, 3.05) is 39.3 Å². The molecule has 0 radical (unpaired) electrons. The molecule has 0 aliphatic carbocycles. The smallest absolute Gasteiger partial charge is 0.0941 e. The van der Waals surface area contributed by atoms with E-state index in [4.69, 9.17) is 11.6 Å². The maximum Gasteiger partial charge on any atom is 0.0941 e. The molecule has 0 spiro atoms. The van der Waals surface area contributed by atoms with Gasteiger partial charge >= 0.3 is 0 Å². The predicted molar refractivity (Wildman–Crippen MR) is 89.9 cm³/mol. The lowest BCUT2D eigenvalue weighted by Crippen LogP contribution is -2.31. The van der Waals surface area contributed by atoms with Crippen LogP contribution in [0.3, 0.4) is 0 Å². The fraction of sp³-hybridized carbons (Fsp3) is 0.800. The first kappa shape index (κ1) is 17.9. The van der Waals surface area contributed by atoms with Gasteiger partial charge in [-0.3, -0.25) is 0 Å². The molecule has 0 saturated carbocycles. The molecular formula is C15H28ClN3S. The highest BCUT2D eigenvalue weighted by atomic mass is 35.5. The summed E-state index contributed by atoms with van der Waals surface area (Å²) in [7, 11) is 0. The van der Waals surface area contributed by atoms with Crippen molar-refractivity contribution in [1.82, 2.24) is 14.8 Å². The number of aromatic nitrogens is 1. The summed E-state index contributed by atoms with van der Waals surface area (Å²) in [6.45, 7) is 13.6. The molecule has 1 aromatic rings. The number of nitrogens with zero attached hydrogens (tertiary/aromatic N) is 3. The topological polar surface area (TPSA) is 19.4 Å². The molecule has 3 nitrogen and oxygen atoms in total. The van der Waals surface area contributed by atoms with Gasteiger partial charge in [0.15, 0.2) is 0 Å². The Labute approximate surface area is 132 Å². The Kier molecular flexibility index (Phi) is 9.44. The second-order valence-corrected chi connectivity index (χ2v) is 6.14. The number of likely N-dealkylation sites (N-methyl/N-ethyl adjacent to an activating group) is 1. The molecular weight excluding hydrogens is 290 g/mol. The Hall–Kier alpha value is -0.160. The lowest BCUT2D eigenvalue weighted by molar-refractivity contribution is 0.245. The highest BCUT2D eigenvalue weighted by Crippen LogP contribution is 2.12.